The highest BCUT2D eigenvalue weighted by Crippen LogP contribution is 2.44. The number of fused-ring (bicyclic) bond motifs is 1. The highest BCUT2D eigenvalue weighted by Gasteiger charge is 2.54. The Morgan fingerprint density at radius 1 is 1.28 bits per heavy atom. The van der Waals surface area contributed by atoms with Crippen LogP contribution in [-0.4, -0.2) is 59.6 Å². The second-order valence-electron chi connectivity index (χ2n) is 9.53. The zero-order valence-electron chi connectivity index (χ0n) is 17.8. The van der Waals surface area contributed by atoms with E-state index in [4.69, 9.17) is 4.42 Å². The van der Waals surface area contributed by atoms with Crippen LogP contribution in [0.25, 0.3) is 0 Å². The number of aromatic nitrogens is 2. The number of anilines is 1. The lowest BCUT2D eigenvalue weighted by Gasteiger charge is -2.32. The minimum Gasteiger partial charge on any atom is -0.408 e. The van der Waals surface area contributed by atoms with Gasteiger partial charge in [0.05, 0.1) is 5.41 Å². The van der Waals surface area contributed by atoms with Crippen molar-refractivity contribution in [3.63, 3.8) is 0 Å². The van der Waals surface area contributed by atoms with E-state index in [0.717, 1.165) is 25.9 Å². The zero-order valence-corrected chi connectivity index (χ0v) is 17.8. The van der Waals surface area contributed by atoms with Crippen LogP contribution in [-0.2, 0) is 9.59 Å². The molecule has 0 spiro atoms. The van der Waals surface area contributed by atoms with Gasteiger partial charge in [-0.25, -0.2) is 0 Å². The van der Waals surface area contributed by atoms with Crippen molar-refractivity contribution in [3.05, 3.63) is 5.89 Å². The minimum absolute atomic E-state index is 0.0625. The second-order valence-corrected chi connectivity index (χ2v) is 9.53. The SMILES string of the molecule is Cc1nnc(N2C[C@@H]3CN(C(=O)CC(C)C)CCC[C@]3(C(=O)NCC3CC3)C2)o1. The van der Waals surface area contributed by atoms with Gasteiger partial charge in [-0.3, -0.25) is 9.59 Å². The van der Waals surface area contributed by atoms with E-state index in [0.29, 0.717) is 49.8 Å². The van der Waals surface area contributed by atoms with E-state index in [-0.39, 0.29) is 17.7 Å². The van der Waals surface area contributed by atoms with Crippen LogP contribution in [0, 0.1) is 30.1 Å². The van der Waals surface area contributed by atoms with Gasteiger partial charge < -0.3 is 19.5 Å². The maximum absolute atomic E-state index is 13.4. The van der Waals surface area contributed by atoms with Crippen molar-refractivity contribution in [1.82, 2.24) is 20.4 Å². The van der Waals surface area contributed by atoms with Crippen molar-refractivity contribution in [2.24, 2.45) is 23.2 Å². The number of nitrogens with zero attached hydrogens (tertiary/aromatic N) is 4. The molecule has 2 aliphatic heterocycles. The molecule has 1 aromatic rings. The van der Waals surface area contributed by atoms with Gasteiger partial charge in [-0.15, -0.1) is 5.10 Å². The van der Waals surface area contributed by atoms with Crippen molar-refractivity contribution in [3.8, 4) is 0 Å². The number of hydrogen-bond donors (Lipinski definition) is 1. The third-order valence-corrected chi connectivity index (χ3v) is 6.61. The molecule has 3 fully saturated rings. The van der Waals surface area contributed by atoms with Crippen LogP contribution in [0.3, 0.4) is 0 Å². The lowest BCUT2D eigenvalue weighted by molar-refractivity contribution is -0.135. The van der Waals surface area contributed by atoms with Crippen LogP contribution >= 0.6 is 0 Å². The second kappa shape index (κ2) is 7.95. The standard InChI is InChI=1S/C21H33N5O3/c1-14(2)9-18(27)25-8-4-7-21(19(28)22-10-16-5-6-16)13-26(12-17(21)11-25)20-24-23-15(3)29-20/h14,16-17H,4-13H2,1-3H3,(H,22,28)/t17-,21-/m0/s1. The molecule has 2 atom stereocenters. The fraction of sp³-hybridized carbons (Fsp3) is 0.810. The Balaban J connectivity index is 1.55. The number of hydrogen-bond acceptors (Lipinski definition) is 6. The summed E-state index contributed by atoms with van der Waals surface area (Å²) in [5.41, 5.74) is -0.510. The fourth-order valence-corrected chi connectivity index (χ4v) is 4.80. The predicted molar refractivity (Wildman–Crippen MR) is 108 cm³/mol. The van der Waals surface area contributed by atoms with Gasteiger partial charge >= 0.3 is 6.01 Å². The average Bonchev–Trinajstić information content (AvgIpc) is 3.34. The summed E-state index contributed by atoms with van der Waals surface area (Å²) >= 11 is 0. The number of nitrogens with one attached hydrogen (secondary N) is 1. The molecule has 3 heterocycles. The van der Waals surface area contributed by atoms with Gasteiger partial charge in [0.15, 0.2) is 0 Å². The fourth-order valence-electron chi connectivity index (χ4n) is 4.80. The van der Waals surface area contributed by atoms with Gasteiger partial charge in [-0.1, -0.05) is 18.9 Å². The summed E-state index contributed by atoms with van der Waals surface area (Å²) in [4.78, 5) is 30.2. The zero-order chi connectivity index (χ0) is 20.6. The number of rotatable bonds is 6. The molecule has 0 bridgehead atoms. The Morgan fingerprint density at radius 2 is 2.07 bits per heavy atom. The van der Waals surface area contributed by atoms with Crippen LogP contribution in [0.1, 0.15) is 51.8 Å². The van der Waals surface area contributed by atoms with E-state index < -0.39 is 5.41 Å². The molecule has 1 N–H and O–H groups in total. The number of amides is 2. The predicted octanol–water partition coefficient (Wildman–Crippen LogP) is 2.00. The molecule has 2 amide bonds. The number of likely N-dealkylation sites (tertiary alicyclic amines) is 1. The van der Waals surface area contributed by atoms with E-state index in [1.165, 1.54) is 12.8 Å². The molecular weight excluding hydrogens is 370 g/mol. The van der Waals surface area contributed by atoms with Gasteiger partial charge in [0.25, 0.3) is 0 Å². The van der Waals surface area contributed by atoms with E-state index in [9.17, 15) is 9.59 Å². The molecule has 4 rings (SSSR count). The van der Waals surface area contributed by atoms with E-state index in [2.05, 4.69) is 29.4 Å². The summed E-state index contributed by atoms with van der Waals surface area (Å²) in [6, 6.07) is 0.477. The van der Waals surface area contributed by atoms with Crippen LogP contribution in [0.5, 0.6) is 0 Å². The Morgan fingerprint density at radius 3 is 2.72 bits per heavy atom. The lowest BCUT2D eigenvalue weighted by Crippen LogP contribution is -2.48. The highest BCUT2D eigenvalue weighted by atomic mass is 16.4. The van der Waals surface area contributed by atoms with Crippen molar-refractivity contribution >= 4 is 17.8 Å². The van der Waals surface area contributed by atoms with E-state index in [1.807, 2.05) is 9.80 Å². The average molecular weight is 404 g/mol. The summed E-state index contributed by atoms with van der Waals surface area (Å²) in [6.45, 7) is 9.26. The highest BCUT2D eigenvalue weighted by molar-refractivity contribution is 5.85. The van der Waals surface area contributed by atoms with E-state index >= 15 is 0 Å². The van der Waals surface area contributed by atoms with Gasteiger partial charge in [0, 0.05) is 52.0 Å². The third kappa shape index (κ3) is 4.26. The molecular formula is C21H33N5O3. The molecule has 3 aliphatic rings. The monoisotopic (exact) mass is 403 g/mol. The first-order valence-electron chi connectivity index (χ1n) is 11.0. The molecule has 8 heteroatoms. The Labute approximate surface area is 172 Å². The van der Waals surface area contributed by atoms with Crippen LogP contribution in [0.4, 0.5) is 6.01 Å². The summed E-state index contributed by atoms with van der Waals surface area (Å²) in [7, 11) is 0. The lowest BCUT2D eigenvalue weighted by atomic mass is 9.74. The van der Waals surface area contributed by atoms with E-state index in [1.54, 1.807) is 6.92 Å². The number of carbonyl (C=O) groups is 2. The summed E-state index contributed by atoms with van der Waals surface area (Å²) in [5, 5.41) is 11.4. The molecule has 160 valence electrons. The van der Waals surface area contributed by atoms with Crippen LogP contribution in [0.15, 0.2) is 4.42 Å². The van der Waals surface area contributed by atoms with Gasteiger partial charge in [0.1, 0.15) is 0 Å². The third-order valence-electron chi connectivity index (χ3n) is 6.61. The quantitative estimate of drug-likeness (QED) is 0.781. The minimum atomic E-state index is -0.510. The molecule has 1 aliphatic carbocycles. The van der Waals surface area contributed by atoms with Crippen LogP contribution < -0.4 is 10.2 Å². The van der Waals surface area contributed by atoms with Crippen LogP contribution in [0.2, 0.25) is 0 Å². The molecule has 1 saturated carbocycles. The normalized spacial score (nSPS) is 27.1. The van der Waals surface area contributed by atoms with Crippen molar-refractivity contribution in [1.29, 1.82) is 0 Å². The Hall–Kier alpha value is -2.12. The number of aryl methyl sites for hydroxylation is 1. The summed E-state index contributed by atoms with van der Waals surface area (Å²) in [5.74, 6) is 1.88. The maximum atomic E-state index is 13.4. The Bertz CT molecular complexity index is 759. The topological polar surface area (TPSA) is 91.6 Å². The summed E-state index contributed by atoms with van der Waals surface area (Å²) in [6.07, 6.45) is 4.60. The van der Waals surface area contributed by atoms with Crippen molar-refractivity contribution in [2.45, 2.75) is 52.9 Å². The Kier molecular flexibility index (Phi) is 5.53. The molecule has 0 radical (unpaired) electrons. The largest absolute Gasteiger partial charge is 0.408 e. The summed E-state index contributed by atoms with van der Waals surface area (Å²) < 4.78 is 5.66. The maximum Gasteiger partial charge on any atom is 0.318 e. The molecule has 29 heavy (non-hydrogen) atoms. The van der Waals surface area contributed by atoms with Crippen molar-refractivity contribution in [2.75, 3.05) is 37.6 Å². The smallest absolute Gasteiger partial charge is 0.318 e. The molecule has 2 saturated heterocycles. The van der Waals surface area contributed by atoms with Crippen molar-refractivity contribution < 1.29 is 14.0 Å². The molecule has 8 nitrogen and oxygen atoms in total. The van der Waals surface area contributed by atoms with Gasteiger partial charge in [-0.05, 0) is 37.5 Å². The first-order chi connectivity index (χ1) is 13.9. The molecule has 0 unspecified atom stereocenters. The molecule has 0 aromatic carbocycles. The van der Waals surface area contributed by atoms with Gasteiger partial charge in [-0.2, -0.15) is 0 Å². The number of carbonyl (C=O) groups excluding carboxylic acids is 2. The first-order valence-corrected chi connectivity index (χ1v) is 11.0. The molecule has 1 aromatic heterocycles. The first kappa shape index (κ1) is 20.2. The van der Waals surface area contributed by atoms with Gasteiger partial charge in [0.2, 0.25) is 17.7 Å².